The molecule has 0 aliphatic rings. The van der Waals surface area contributed by atoms with Crippen molar-refractivity contribution in [1.82, 2.24) is 0 Å². The minimum Gasteiger partial charge on any atom is -0.822 e. The van der Waals surface area contributed by atoms with Crippen molar-refractivity contribution in [2.45, 2.75) is 0 Å². The molecule has 0 amide bonds. The van der Waals surface area contributed by atoms with Crippen LogP contribution in [-0.4, -0.2) is 39.3 Å². The smallest absolute Gasteiger partial charge is 0.822 e. The molecule has 8 N–H and O–H groups in total. The van der Waals surface area contributed by atoms with Gasteiger partial charge in [-0.15, -0.1) is 0 Å². The van der Waals surface area contributed by atoms with Gasteiger partial charge in [0.25, 0.3) is 0 Å². The first-order chi connectivity index (χ1) is 4.00. The summed E-state index contributed by atoms with van der Waals surface area (Å²) < 4.78 is 17.1. The van der Waals surface area contributed by atoms with Crippen LogP contribution in [0.5, 0.6) is 0 Å². The largest absolute Gasteiger partial charge is 3.00 e. The second-order valence-corrected chi connectivity index (χ2v) is 2.68. The maximum absolute atomic E-state index is 8.55. The maximum atomic E-state index is 8.55. The van der Waals surface area contributed by atoms with Crippen LogP contribution in [0.25, 0.3) is 0 Å². The summed E-state index contributed by atoms with van der Waals surface area (Å²) in [5.41, 5.74) is 0. The Balaban J connectivity index is -0.00000000762. The van der Waals surface area contributed by atoms with Gasteiger partial charge in [0.1, 0.15) is 0 Å². The van der Waals surface area contributed by atoms with Gasteiger partial charge in [0, 0.05) is 0 Å². The Labute approximate surface area is 160 Å². The quantitative estimate of drug-likeness (QED) is 0.284. The van der Waals surface area contributed by atoms with Crippen LogP contribution in [0.4, 0.5) is 0 Å². The van der Waals surface area contributed by atoms with E-state index < -0.39 is 15.6 Å². The number of phosphoric acid groups is 2. The zero-order chi connectivity index (χ0) is 9.00. The third kappa shape index (κ3) is 696. The monoisotopic (exact) mass is 384 g/mol. The van der Waals surface area contributed by atoms with Crippen molar-refractivity contribution in [2.24, 2.45) is 0 Å². The predicted molar refractivity (Wildman–Crippen MR) is 35.4 cm³/mol. The van der Waals surface area contributed by atoms with Gasteiger partial charge in [0.2, 0.25) is 0 Å². The van der Waals surface area contributed by atoms with Crippen molar-refractivity contribution in [3.05, 3.63) is 0 Å². The van der Waals surface area contributed by atoms with Crippen LogP contribution < -0.4 is 80.7 Å². The molecule has 0 aromatic heterocycles. The SMILES string of the molecule is O.O.O.O.O=P([O-])([O-])[O-].O=P([O-])([O-])[O-].[Al+3].[Fe+2].[K+]. The van der Waals surface area contributed by atoms with Crippen LogP contribution in [-0.2, 0) is 26.2 Å². The van der Waals surface area contributed by atoms with Crippen LogP contribution in [0.1, 0.15) is 0 Å². The summed E-state index contributed by atoms with van der Waals surface area (Å²) in [6.45, 7) is 0. The van der Waals surface area contributed by atoms with E-state index >= 15 is 0 Å². The normalized spacial score (nSPS) is 6.94. The molecule has 17 heavy (non-hydrogen) atoms. The second kappa shape index (κ2) is 27.2. The fraction of sp³-hybridized carbons (Fsp3) is 0. The van der Waals surface area contributed by atoms with E-state index in [1.165, 1.54) is 0 Å². The first kappa shape index (κ1) is 60.1. The molecule has 0 saturated carbocycles. The Morgan fingerprint density at radius 2 is 0.588 bits per heavy atom. The fourth-order valence-electron chi connectivity index (χ4n) is 0. The summed E-state index contributed by atoms with van der Waals surface area (Å²) >= 11 is 0. The summed E-state index contributed by atoms with van der Waals surface area (Å²) in [4.78, 5) is 51.3. The van der Waals surface area contributed by atoms with Crippen molar-refractivity contribution in [3.63, 3.8) is 0 Å². The van der Waals surface area contributed by atoms with E-state index in [0.29, 0.717) is 0 Å². The van der Waals surface area contributed by atoms with Crippen LogP contribution in [0.3, 0.4) is 0 Å². The zero-order valence-corrected chi connectivity index (χ0v) is 15.3. The molecule has 102 valence electrons. The van der Waals surface area contributed by atoms with Gasteiger partial charge in [-0.2, -0.15) is 15.6 Å². The molecule has 0 radical (unpaired) electrons. The van der Waals surface area contributed by atoms with Gasteiger partial charge in [-0.25, -0.2) is 0 Å². The van der Waals surface area contributed by atoms with E-state index in [2.05, 4.69) is 0 Å². The van der Waals surface area contributed by atoms with Crippen molar-refractivity contribution < 1.29 is 129 Å². The minimum absolute atomic E-state index is 0. The Morgan fingerprint density at radius 3 is 0.588 bits per heavy atom. The van der Waals surface area contributed by atoms with Gasteiger partial charge in [-0.3, -0.25) is 0 Å². The van der Waals surface area contributed by atoms with E-state index in [1.54, 1.807) is 0 Å². The Bertz CT molecular complexity index is 137. The average molecular weight is 384 g/mol. The number of rotatable bonds is 0. The first-order valence-electron chi connectivity index (χ1n) is 1.46. The van der Waals surface area contributed by atoms with Crippen LogP contribution >= 0.6 is 15.6 Å². The predicted octanol–water partition coefficient (Wildman–Crippen LogP) is -12.3. The van der Waals surface area contributed by atoms with Crippen molar-refractivity contribution in [2.75, 3.05) is 0 Å². The molecule has 0 heterocycles. The molecule has 0 aliphatic heterocycles. The van der Waals surface area contributed by atoms with Crippen LogP contribution in [0, 0.1) is 0 Å². The molecule has 0 fully saturated rings. The van der Waals surface area contributed by atoms with E-state index in [9.17, 15) is 0 Å². The molecule has 0 aromatic rings. The summed E-state index contributed by atoms with van der Waals surface area (Å²) in [5, 5.41) is 0. The molecule has 0 unspecified atom stereocenters. The van der Waals surface area contributed by atoms with E-state index in [4.69, 9.17) is 38.5 Å². The molecule has 0 aromatic carbocycles. The molecular formula is H8AlFeKO12P2. The van der Waals surface area contributed by atoms with Crippen LogP contribution in [0.15, 0.2) is 0 Å². The van der Waals surface area contributed by atoms with Crippen molar-refractivity contribution in [3.8, 4) is 0 Å². The van der Waals surface area contributed by atoms with Crippen molar-refractivity contribution in [1.29, 1.82) is 0 Å². The fourth-order valence-corrected chi connectivity index (χ4v) is 0. The minimum atomic E-state index is -5.39. The third-order valence-electron chi connectivity index (χ3n) is 0. The van der Waals surface area contributed by atoms with Crippen molar-refractivity contribution >= 4 is 33.0 Å². The number of hydrogen-bond acceptors (Lipinski definition) is 8. The summed E-state index contributed by atoms with van der Waals surface area (Å²) in [7, 11) is -10.8. The third-order valence-corrected chi connectivity index (χ3v) is 0. The number of hydrogen-bond donors (Lipinski definition) is 0. The molecule has 12 nitrogen and oxygen atoms in total. The van der Waals surface area contributed by atoms with E-state index in [-0.39, 0.29) is 108 Å². The van der Waals surface area contributed by atoms with Crippen LogP contribution in [0.2, 0.25) is 0 Å². The van der Waals surface area contributed by atoms with E-state index in [1.807, 2.05) is 0 Å². The standard InChI is InChI=1S/Al.Fe.K.2H3O4P.4H2O/c;;;2*1-5(2,3)4;;;;/h;;;2*(H3,1,2,3,4);4*1H2/q+3;+2;+1;;;;;;/p-6. The molecule has 0 bridgehead atoms. The van der Waals surface area contributed by atoms with Gasteiger partial charge in [0.15, 0.2) is 0 Å². The second-order valence-electron chi connectivity index (χ2n) is 0.894. The summed E-state index contributed by atoms with van der Waals surface area (Å²) in [6.07, 6.45) is 0. The van der Waals surface area contributed by atoms with Gasteiger partial charge in [0.05, 0.1) is 0 Å². The Kier molecular flexibility index (Phi) is 96.0. The summed E-state index contributed by atoms with van der Waals surface area (Å²) in [5.74, 6) is 0. The zero-order valence-electron chi connectivity index (χ0n) is 8.09. The van der Waals surface area contributed by atoms with Gasteiger partial charge in [-0.1, -0.05) is 0 Å². The van der Waals surface area contributed by atoms with E-state index in [0.717, 1.165) is 0 Å². The molecule has 0 spiro atoms. The Hall–Kier alpha value is 2.75. The Morgan fingerprint density at radius 1 is 0.588 bits per heavy atom. The summed E-state index contributed by atoms with van der Waals surface area (Å²) in [6, 6.07) is 0. The van der Waals surface area contributed by atoms with Gasteiger partial charge in [-0.05, 0) is 0 Å². The van der Waals surface area contributed by atoms with Gasteiger partial charge < -0.3 is 60.4 Å². The molecule has 0 rings (SSSR count). The average Bonchev–Trinajstić information content (AvgIpc) is 1.12. The van der Waals surface area contributed by atoms with Gasteiger partial charge >= 0.3 is 85.8 Å². The first-order valence-corrected chi connectivity index (χ1v) is 4.38. The topological polar surface area (TPSA) is 298 Å². The molecular weight excluding hydrogens is 376 g/mol. The maximum Gasteiger partial charge on any atom is 3.00 e. The molecule has 0 aliphatic carbocycles. The molecule has 0 saturated heterocycles. The molecule has 17 heteroatoms. The molecule has 0 atom stereocenters.